The van der Waals surface area contributed by atoms with Gasteiger partial charge in [-0.15, -0.1) is 0 Å². The van der Waals surface area contributed by atoms with Crippen molar-refractivity contribution < 1.29 is 18.3 Å². The normalized spacial score (nSPS) is 16.7. The van der Waals surface area contributed by atoms with E-state index in [4.69, 9.17) is 5.11 Å². The Morgan fingerprint density at radius 1 is 1.48 bits per heavy atom. The van der Waals surface area contributed by atoms with Gasteiger partial charge in [0.1, 0.15) is 0 Å². The van der Waals surface area contributed by atoms with Gasteiger partial charge in [0.2, 0.25) is 10.0 Å². The van der Waals surface area contributed by atoms with Crippen molar-refractivity contribution in [3.63, 3.8) is 0 Å². The molecule has 1 aliphatic carbocycles. The molecule has 1 saturated carbocycles. The average molecular weight is 376 g/mol. The molecule has 0 bridgehead atoms. The summed E-state index contributed by atoms with van der Waals surface area (Å²) in [6.07, 6.45) is 2.31. The minimum atomic E-state index is -3.70. The highest BCUT2D eigenvalue weighted by Gasteiger charge is 2.29. The number of hydrogen-bond donors (Lipinski definition) is 2. The molecule has 2 N–H and O–H groups in total. The molecule has 0 radical (unpaired) electrons. The zero-order valence-corrected chi connectivity index (χ0v) is 14.3. The first-order chi connectivity index (χ1) is 9.72. The summed E-state index contributed by atoms with van der Waals surface area (Å²) in [5, 5.41) is 9.14. The van der Waals surface area contributed by atoms with E-state index < -0.39 is 16.0 Å². The number of carboxylic acid groups (broad SMARTS) is 1. The number of carboxylic acids is 1. The molecule has 1 aromatic rings. The van der Waals surface area contributed by atoms with Crippen molar-refractivity contribution in [2.45, 2.75) is 31.6 Å². The molecule has 1 fully saturated rings. The van der Waals surface area contributed by atoms with E-state index in [1.165, 1.54) is 12.1 Å². The molecule has 2 rings (SSSR count). The number of nitrogens with one attached hydrogen (secondary N) is 1. The lowest BCUT2D eigenvalue weighted by atomic mass is 10.1. The Labute approximate surface area is 132 Å². The summed E-state index contributed by atoms with van der Waals surface area (Å²) < 4.78 is 27.6. The number of carbonyl (C=O) groups is 1. The van der Waals surface area contributed by atoms with Crippen molar-refractivity contribution >= 4 is 31.9 Å². The molecular formula is C14H18BrNO4S. The molecule has 1 aliphatic rings. The van der Waals surface area contributed by atoms with Crippen LogP contribution in [0.15, 0.2) is 21.5 Å². The summed E-state index contributed by atoms with van der Waals surface area (Å²) in [5.41, 5.74) is 0.493. The molecule has 0 amide bonds. The zero-order valence-electron chi connectivity index (χ0n) is 11.9. The van der Waals surface area contributed by atoms with Gasteiger partial charge in [-0.2, -0.15) is 0 Å². The number of aromatic carboxylic acids is 1. The highest BCUT2D eigenvalue weighted by molar-refractivity contribution is 9.10. The highest BCUT2D eigenvalue weighted by atomic mass is 79.9. The Morgan fingerprint density at radius 2 is 2.10 bits per heavy atom. The summed E-state index contributed by atoms with van der Waals surface area (Å²) in [6, 6.07) is 2.64. The van der Waals surface area contributed by atoms with Gasteiger partial charge in [-0.1, -0.05) is 22.9 Å². The third-order valence-corrected chi connectivity index (χ3v) is 6.11. The molecule has 1 unspecified atom stereocenters. The number of sulfonamides is 1. The first-order valence-corrected chi connectivity index (χ1v) is 9.03. The van der Waals surface area contributed by atoms with Gasteiger partial charge in [-0.3, -0.25) is 0 Å². The summed E-state index contributed by atoms with van der Waals surface area (Å²) in [5.74, 6) is -0.240. The summed E-state index contributed by atoms with van der Waals surface area (Å²) in [7, 11) is -3.70. The van der Waals surface area contributed by atoms with Crippen LogP contribution in [0.5, 0.6) is 0 Å². The van der Waals surface area contributed by atoms with Gasteiger partial charge in [0.15, 0.2) is 0 Å². The lowest BCUT2D eigenvalue weighted by molar-refractivity contribution is 0.0695. The summed E-state index contributed by atoms with van der Waals surface area (Å²) in [4.78, 5) is 11.2. The Bertz CT molecular complexity index is 668. The largest absolute Gasteiger partial charge is 0.478 e. The smallest absolute Gasteiger partial charge is 0.336 e. The number of halogens is 1. The van der Waals surface area contributed by atoms with Crippen molar-refractivity contribution in [2.75, 3.05) is 6.54 Å². The fourth-order valence-corrected chi connectivity index (χ4v) is 3.99. The van der Waals surface area contributed by atoms with E-state index in [-0.39, 0.29) is 10.5 Å². The van der Waals surface area contributed by atoms with E-state index in [2.05, 4.69) is 20.7 Å². The van der Waals surface area contributed by atoms with Crippen molar-refractivity contribution in [1.29, 1.82) is 0 Å². The minimum Gasteiger partial charge on any atom is -0.478 e. The highest BCUT2D eigenvalue weighted by Crippen LogP contribution is 2.36. The second-order valence-electron chi connectivity index (χ2n) is 5.55. The number of benzene rings is 1. The SMILES string of the molecule is Cc1c(Br)cc(S(=O)(=O)NCC(C)C2CC2)cc1C(=O)O. The van der Waals surface area contributed by atoms with Crippen molar-refractivity contribution in [3.8, 4) is 0 Å². The Kier molecular flexibility index (Phi) is 4.75. The Balaban J connectivity index is 2.24. The van der Waals surface area contributed by atoms with Crippen LogP contribution in [0.4, 0.5) is 0 Å². The minimum absolute atomic E-state index is 0.0139. The van der Waals surface area contributed by atoms with Crippen molar-refractivity contribution in [3.05, 3.63) is 27.7 Å². The van der Waals surface area contributed by atoms with Crippen molar-refractivity contribution in [2.24, 2.45) is 11.8 Å². The first-order valence-electron chi connectivity index (χ1n) is 6.75. The molecule has 0 heterocycles. The van der Waals surface area contributed by atoms with Crippen molar-refractivity contribution in [1.82, 2.24) is 4.72 Å². The lowest BCUT2D eigenvalue weighted by Gasteiger charge is -2.13. The van der Waals surface area contributed by atoms with Gasteiger partial charge in [-0.05, 0) is 49.3 Å². The lowest BCUT2D eigenvalue weighted by Crippen LogP contribution is -2.29. The second kappa shape index (κ2) is 6.06. The zero-order chi connectivity index (χ0) is 15.8. The van der Waals surface area contributed by atoms with Gasteiger partial charge in [0.05, 0.1) is 10.5 Å². The molecule has 0 spiro atoms. The van der Waals surface area contributed by atoms with Crippen LogP contribution in [0, 0.1) is 18.8 Å². The van der Waals surface area contributed by atoms with Gasteiger partial charge in [0, 0.05) is 11.0 Å². The first kappa shape index (κ1) is 16.5. The molecule has 5 nitrogen and oxygen atoms in total. The fraction of sp³-hybridized carbons (Fsp3) is 0.500. The van der Waals surface area contributed by atoms with Crippen LogP contribution in [0.3, 0.4) is 0 Å². The number of rotatable bonds is 6. The maximum Gasteiger partial charge on any atom is 0.336 e. The maximum atomic E-state index is 12.3. The predicted molar refractivity (Wildman–Crippen MR) is 82.9 cm³/mol. The van der Waals surface area contributed by atoms with E-state index in [0.29, 0.717) is 28.4 Å². The third-order valence-electron chi connectivity index (χ3n) is 3.88. The molecule has 0 aliphatic heterocycles. The predicted octanol–water partition coefficient (Wildman–Crippen LogP) is 2.78. The van der Waals surface area contributed by atoms with Crippen LogP contribution in [-0.4, -0.2) is 26.0 Å². The maximum absolute atomic E-state index is 12.3. The monoisotopic (exact) mass is 375 g/mol. The fourth-order valence-electron chi connectivity index (χ4n) is 2.19. The van der Waals surface area contributed by atoms with Gasteiger partial charge >= 0.3 is 5.97 Å². The topological polar surface area (TPSA) is 83.5 Å². The van der Waals surface area contributed by atoms with Crippen LogP contribution in [0.2, 0.25) is 0 Å². The molecule has 21 heavy (non-hydrogen) atoms. The summed E-state index contributed by atoms with van der Waals surface area (Å²) in [6.45, 7) is 4.03. The quantitative estimate of drug-likeness (QED) is 0.800. The van der Waals surface area contributed by atoms with Crippen LogP contribution in [0.25, 0.3) is 0 Å². The Morgan fingerprint density at radius 3 is 2.62 bits per heavy atom. The van der Waals surface area contributed by atoms with E-state index in [0.717, 1.165) is 12.8 Å². The molecule has 116 valence electrons. The molecule has 7 heteroatoms. The van der Waals surface area contributed by atoms with Crippen LogP contribution < -0.4 is 4.72 Å². The van der Waals surface area contributed by atoms with Gasteiger partial charge in [-0.25, -0.2) is 17.9 Å². The van der Waals surface area contributed by atoms with E-state index in [1.807, 2.05) is 6.92 Å². The summed E-state index contributed by atoms with van der Waals surface area (Å²) >= 11 is 3.22. The molecule has 1 atom stereocenters. The van der Waals surface area contributed by atoms with Crippen LogP contribution >= 0.6 is 15.9 Å². The number of hydrogen-bond acceptors (Lipinski definition) is 3. The van der Waals surface area contributed by atoms with Gasteiger partial charge in [0.25, 0.3) is 0 Å². The van der Waals surface area contributed by atoms with Crippen LogP contribution in [0.1, 0.15) is 35.7 Å². The van der Waals surface area contributed by atoms with Crippen LogP contribution in [-0.2, 0) is 10.0 Å². The standard InChI is InChI=1S/C14H18BrNO4S/c1-8(10-3-4-10)7-16-21(19,20)11-5-12(14(17)18)9(2)13(15)6-11/h5-6,8,10,16H,3-4,7H2,1-2H3,(H,17,18). The second-order valence-corrected chi connectivity index (χ2v) is 8.17. The average Bonchev–Trinajstić information content (AvgIpc) is 3.23. The molecule has 0 aromatic heterocycles. The van der Waals surface area contributed by atoms with Gasteiger partial charge < -0.3 is 5.11 Å². The van der Waals surface area contributed by atoms with E-state index >= 15 is 0 Å². The third kappa shape index (κ3) is 3.84. The Hall–Kier alpha value is -0.920. The van der Waals surface area contributed by atoms with E-state index in [1.54, 1.807) is 6.92 Å². The molecule has 0 saturated heterocycles. The molecule has 1 aromatic carbocycles. The molecular weight excluding hydrogens is 358 g/mol. The van der Waals surface area contributed by atoms with E-state index in [9.17, 15) is 13.2 Å².